The molecule has 9 rings (SSSR count). The zero-order valence-electron chi connectivity index (χ0n) is 36.2. The molecule has 17 heteroatoms. The van der Waals surface area contributed by atoms with Gasteiger partial charge in [-0.25, -0.2) is 0 Å². The second kappa shape index (κ2) is 17.1. The van der Waals surface area contributed by atoms with Crippen LogP contribution < -0.4 is 0 Å². The summed E-state index contributed by atoms with van der Waals surface area (Å²) in [5.74, 6) is 2.02. The Bertz CT molecular complexity index is 1640. The number of fused-ring (bicyclic) bond motifs is 7. The lowest BCUT2D eigenvalue weighted by Crippen LogP contribution is -2.66. The molecule has 11 unspecified atom stereocenters. The number of ether oxygens (including phenoxy) is 8. The number of aliphatic hydroxyl groups is 9. The topological polar surface area (TPSA) is 256 Å². The number of hydrogen-bond donors (Lipinski definition) is 9. The fourth-order valence-electron chi connectivity index (χ4n) is 13.7. The molecule has 0 aromatic rings. The molecule has 9 N–H and O–H groups in total. The number of rotatable bonds is 8. The maximum Gasteiger partial charge on any atom is 0.189 e. The van der Waals surface area contributed by atoms with E-state index in [1.807, 2.05) is 0 Å². The van der Waals surface area contributed by atoms with Gasteiger partial charge in [0.15, 0.2) is 30.9 Å². The molecule has 3 saturated carbocycles. The van der Waals surface area contributed by atoms with Crippen molar-refractivity contribution in [3.05, 3.63) is 24.3 Å². The molecule has 0 amide bonds. The molecule has 0 aromatic heterocycles. The van der Waals surface area contributed by atoms with Crippen LogP contribution in [0.2, 0.25) is 0 Å². The van der Waals surface area contributed by atoms with Crippen molar-refractivity contribution in [1.82, 2.24) is 0 Å². The molecule has 0 aromatic carbocycles. The second-order valence-corrected chi connectivity index (χ2v) is 20.7. The van der Waals surface area contributed by atoms with Gasteiger partial charge in [0, 0.05) is 18.3 Å². The van der Waals surface area contributed by atoms with Crippen LogP contribution in [0.5, 0.6) is 0 Å². The molecule has 5 saturated heterocycles. The van der Waals surface area contributed by atoms with Crippen LogP contribution in [0.4, 0.5) is 0 Å². The SMILES string of the molecule is C=C[C@H]1[C@@H]2C(C[C@H]3[C@@H]4CC=C5CC(O[C@@H]6OC(CO)[C@@H](O[C@@H]7OC(O)[C@H](O)C(O)C7O)C(O)C6O[C@@H]6OC(C)[C@H](O)C(O)C6O)CC[C@]5(C)[C@H]4CC[C@@]32C)O[C@]12CC[C@@H](C)CO2. The molecule has 5 heterocycles. The lowest BCUT2D eigenvalue weighted by atomic mass is 9.47. The fraction of sp³-hybridized carbons (Fsp3) is 0.911. The Hall–Kier alpha value is -1.20. The Balaban J connectivity index is 0.920. The monoisotopic (exact) mass is 882 g/mol. The maximum atomic E-state index is 11.9. The average Bonchev–Trinajstić information content (AvgIpc) is 3.72. The highest BCUT2D eigenvalue weighted by Gasteiger charge is 2.69. The van der Waals surface area contributed by atoms with Crippen molar-refractivity contribution in [1.29, 1.82) is 0 Å². The predicted octanol–water partition coefficient (Wildman–Crippen LogP) is 0.338. The first-order chi connectivity index (χ1) is 29.4. The maximum absolute atomic E-state index is 11.9. The summed E-state index contributed by atoms with van der Waals surface area (Å²) >= 11 is 0. The number of hydrogen-bond acceptors (Lipinski definition) is 17. The standard InChI is InChI=1S/C45H70O17/c1-6-24-29-27(62-45(24)14-9-19(2)18-55-45)16-26-23-8-7-21-15-22(10-12-43(21,4)25(23)11-13-44(26,29)5)57-42-38(60-40-34(51)31(48)30(47)20(3)56-40)36(53)37(28(17-46)58-42)59-41-35(52)32(49)33(50)39(54)61-41/h6-7,19-20,22-42,46-54H,1,8-18H2,2-5H3/t19-,20?,22?,23-,24+,25+,26+,27?,28?,29-,30+,31?,32?,33-,34?,35?,36?,37-,38?,39?,40+,41-,42-,43+,44+,45-/m1/s1. The smallest absolute Gasteiger partial charge is 0.189 e. The number of allylic oxidation sites excluding steroid dienone is 1. The summed E-state index contributed by atoms with van der Waals surface area (Å²) < 4.78 is 49.4. The van der Waals surface area contributed by atoms with Gasteiger partial charge in [-0.05, 0) is 92.8 Å². The average molecular weight is 883 g/mol. The Morgan fingerprint density at radius 1 is 0.758 bits per heavy atom. The van der Waals surface area contributed by atoms with Gasteiger partial charge in [-0.3, -0.25) is 0 Å². The van der Waals surface area contributed by atoms with E-state index in [2.05, 4.69) is 39.5 Å². The van der Waals surface area contributed by atoms with Crippen molar-refractivity contribution in [3.63, 3.8) is 0 Å². The zero-order valence-corrected chi connectivity index (χ0v) is 36.2. The molecule has 26 atom stereocenters. The molecule has 0 radical (unpaired) electrons. The van der Waals surface area contributed by atoms with E-state index in [-0.39, 0.29) is 22.9 Å². The van der Waals surface area contributed by atoms with E-state index in [0.717, 1.165) is 51.6 Å². The van der Waals surface area contributed by atoms with Crippen LogP contribution in [0.3, 0.4) is 0 Å². The van der Waals surface area contributed by atoms with Crippen molar-refractivity contribution in [2.45, 2.75) is 196 Å². The summed E-state index contributed by atoms with van der Waals surface area (Å²) in [5.41, 5.74) is 1.37. The first-order valence-corrected chi connectivity index (χ1v) is 23.1. The van der Waals surface area contributed by atoms with Crippen LogP contribution >= 0.6 is 0 Å². The second-order valence-electron chi connectivity index (χ2n) is 20.7. The van der Waals surface area contributed by atoms with E-state index in [1.165, 1.54) is 12.5 Å². The van der Waals surface area contributed by atoms with E-state index in [0.29, 0.717) is 42.4 Å². The molecule has 9 aliphatic rings. The summed E-state index contributed by atoms with van der Waals surface area (Å²) in [4.78, 5) is 0. The van der Waals surface area contributed by atoms with Gasteiger partial charge in [0.25, 0.3) is 0 Å². The van der Waals surface area contributed by atoms with Crippen LogP contribution in [0.25, 0.3) is 0 Å². The van der Waals surface area contributed by atoms with Gasteiger partial charge < -0.3 is 83.9 Å². The summed E-state index contributed by atoms with van der Waals surface area (Å²) in [5, 5.41) is 95.4. The Morgan fingerprint density at radius 3 is 2.16 bits per heavy atom. The minimum atomic E-state index is -1.94. The minimum Gasteiger partial charge on any atom is -0.394 e. The van der Waals surface area contributed by atoms with Crippen LogP contribution in [0, 0.1) is 46.3 Å². The summed E-state index contributed by atoms with van der Waals surface area (Å²) in [7, 11) is 0. The van der Waals surface area contributed by atoms with Crippen LogP contribution in [0.15, 0.2) is 24.3 Å². The molecule has 0 bridgehead atoms. The zero-order chi connectivity index (χ0) is 44.2. The van der Waals surface area contributed by atoms with E-state index < -0.39 is 111 Å². The van der Waals surface area contributed by atoms with Gasteiger partial charge >= 0.3 is 0 Å². The normalized spacial score (nSPS) is 57.6. The van der Waals surface area contributed by atoms with Crippen molar-refractivity contribution in [3.8, 4) is 0 Å². The first kappa shape index (κ1) is 45.9. The first-order valence-electron chi connectivity index (χ1n) is 23.1. The van der Waals surface area contributed by atoms with E-state index in [1.54, 1.807) is 0 Å². The van der Waals surface area contributed by atoms with Crippen molar-refractivity contribution < 1.29 is 83.9 Å². The van der Waals surface area contributed by atoms with Crippen molar-refractivity contribution in [2.24, 2.45) is 46.3 Å². The highest BCUT2D eigenvalue weighted by atomic mass is 16.8. The van der Waals surface area contributed by atoms with Gasteiger partial charge in [-0.15, -0.1) is 6.58 Å². The molecule has 352 valence electrons. The molecule has 8 fully saturated rings. The predicted molar refractivity (Wildman–Crippen MR) is 214 cm³/mol. The van der Waals surface area contributed by atoms with Gasteiger partial charge in [0.1, 0.15) is 61.0 Å². The Labute approximate surface area is 362 Å². The van der Waals surface area contributed by atoms with Crippen LogP contribution in [-0.4, -0.2) is 169 Å². The third kappa shape index (κ3) is 7.41. The third-order valence-corrected chi connectivity index (χ3v) is 17.3. The molecule has 1 spiro atoms. The Morgan fingerprint density at radius 2 is 1.47 bits per heavy atom. The highest BCUT2D eigenvalue weighted by molar-refractivity contribution is 5.27. The fourth-order valence-corrected chi connectivity index (χ4v) is 13.7. The lowest BCUT2D eigenvalue weighted by Gasteiger charge is -2.59. The van der Waals surface area contributed by atoms with Crippen LogP contribution in [-0.2, 0) is 37.9 Å². The van der Waals surface area contributed by atoms with Gasteiger partial charge in [0.05, 0.1) is 31.5 Å². The van der Waals surface area contributed by atoms with E-state index in [4.69, 9.17) is 37.9 Å². The van der Waals surface area contributed by atoms with Gasteiger partial charge in [-0.1, -0.05) is 38.5 Å². The summed E-state index contributed by atoms with van der Waals surface area (Å²) in [6.45, 7) is 13.0. The lowest BCUT2D eigenvalue weighted by molar-refractivity contribution is -0.397. The minimum absolute atomic E-state index is 0.0591. The summed E-state index contributed by atoms with van der Waals surface area (Å²) in [6, 6.07) is 0. The van der Waals surface area contributed by atoms with Crippen molar-refractivity contribution in [2.75, 3.05) is 13.2 Å². The number of aliphatic hydroxyl groups excluding tert-OH is 9. The molecular weight excluding hydrogens is 812 g/mol. The van der Waals surface area contributed by atoms with Gasteiger partial charge in [0.2, 0.25) is 0 Å². The summed E-state index contributed by atoms with van der Waals surface area (Å²) in [6.07, 6.45) is -11.5. The highest BCUT2D eigenvalue weighted by Crippen LogP contribution is 2.71. The molecule has 5 aliphatic heterocycles. The molecule has 17 nitrogen and oxygen atoms in total. The van der Waals surface area contributed by atoms with Gasteiger partial charge in [-0.2, -0.15) is 0 Å². The largest absolute Gasteiger partial charge is 0.394 e. The van der Waals surface area contributed by atoms with E-state index in [9.17, 15) is 46.0 Å². The van der Waals surface area contributed by atoms with Crippen molar-refractivity contribution >= 4 is 0 Å². The molecule has 62 heavy (non-hydrogen) atoms. The van der Waals surface area contributed by atoms with E-state index >= 15 is 0 Å². The molecular formula is C45H70O17. The third-order valence-electron chi connectivity index (χ3n) is 17.3. The quantitative estimate of drug-likeness (QED) is 0.149. The molecule has 4 aliphatic carbocycles. The Kier molecular flexibility index (Phi) is 12.7. The van der Waals surface area contributed by atoms with Crippen LogP contribution in [0.1, 0.15) is 85.5 Å².